The van der Waals surface area contributed by atoms with Crippen LogP contribution in [0.4, 0.5) is 68.2 Å². The molecule has 0 fully saturated rings. The molecule has 4 heterocycles. The van der Waals surface area contributed by atoms with Crippen LogP contribution in [0, 0.1) is 41.5 Å². The molecule has 0 unspecified atom stereocenters. The lowest BCUT2D eigenvalue weighted by molar-refractivity contribution is 0.486. The molecule has 0 radical (unpaired) electrons. The van der Waals surface area contributed by atoms with Gasteiger partial charge in [-0.1, -0.05) is 273 Å². The van der Waals surface area contributed by atoms with Gasteiger partial charge in [-0.05, 0) is 160 Å². The van der Waals surface area contributed by atoms with Crippen molar-refractivity contribution in [1.29, 1.82) is 0 Å². The second kappa shape index (κ2) is 25.1. The summed E-state index contributed by atoms with van der Waals surface area (Å²) in [5.74, 6) is 3.02. The fourth-order valence-electron chi connectivity index (χ4n) is 17.3. The average Bonchev–Trinajstić information content (AvgIpc) is 0.683. The minimum Gasteiger partial charge on any atom is -0.456 e. The van der Waals surface area contributed by atoms with Crippen molar-refractivity contribution in [2.75, 3.05) is 19.6 Å². The Morgan fingerprint density at radius 1 is 0.212 bits per heavy atom. The maximum Gasteiger partial charge on any atom is 0.252 e. The van der Waals surface area contributed by atoms with Gasteiger partial charge in [0.2, 0.25) is 0 Å². The molecule has 15 aromatic carbocycles. The molecule has 104 heavy (non-hydrogen) atoms. The van der Waals surface area contributed by atoms with Crippen molar-refractivity contribution in [3.05, 3.63) is 361 Å². The number of benzene rings is 15. The van der Waals surface area contributed by atoms with E-state index in [1.54, 1.807) is 0 Å². The summed E-state index contributed by atoms with van der Waals surface area (Å²) in [7, 11) is 0. The first-order chi connectivity index (χ1) is 51.1. The first-order valence-corrected chi connectivity index (χ1v) is 36.1. The lowest BCUT2D eigenvalue weighted by Crippen LogP contribution is -2.65. The zero-order valence-corrected chi connectivity index (χ0v) is 58.9. The molecule has 0 atom stereocenters. The monoisotopic (exact) mass is 1330 g/mol. The third kappa shape index (κ3) is 10.0. The average molecular weight is 1340 g/mol. The lowest BCUT2D eigenvalue weighted by Gasteiger charge is -2.48. The third-order valence-corrected chi connectivity index (χ3v) is 21.9. The SMILES string of the molecule is Cc1ccccc1N1c2cc3c(cc2B2c4ccccc4N(c4c(C)cccc4C)c4cc(Oc5c(-c6ccccc6)cccc5-c5ccccc5)cc1c42)B1c2ccccc2N(c2c(C)cccc2C)c2cc(Oc4c(-c5ccccc5)cccc4-c4ccccc4)cc(c21)N3c1ccccc1C. The van der Waals surface area contributed by atoms with Crippen LogP contribution in [0.3, 0.4) is 0 Å². The van der Waals surface area contributed by atoms with E-state index < -0.39 is 0 Å². The topological polar surface area (TPSA) is 31.4 Å². The normalized spacial score (nSPS) is 12.8. The van der Waals surface area contributed by atoms with E-state index in [2.05, 4.69) is 389 Å². The van der Waals surface area contributed by atoms with Crippen LogP contribution in [-0.2, 0) is 0 Å². The van der Waals surface area contributed by atoms with E-state index in [-0.39, 0.29) is 13.4 Å². The Morgan fingerprint density at radius 2 is 0.490 bits per heavy atom. The Balaban J connectivity index is 0.918. The number of fused-ring (bicyclic) bond motifs is 8. The van der Waals surface area contributed by atoms with Gasteiger partial charge in [-0.25, -0.2) is 0 Å². The molecule has 0 amide bonds. The fraction of sp³-hybridized carbons (Fsp3) is 0.0625. The van der Waals surface area contributed by atoms with Crippen molar-refractivity contribution < 1.29 is 9.47 Å². The maximum atomic E-state index is 7.85. The van der Waals surface area contributed by atoms with Gasteiger partial charge >= 0.3 is 0 Å². The molecule has 4 aliphatic heterocycles. The van der Waals surface area contributed by atoms with E-state index in [9.17, 15) is 0 Å². The molecule has 0 saturated carbocycles. The first kappa shape index (κ1) is 62.3. The Hall–Kier alpha value is -12.8. The van der Waals surface area contributed by atoms with Gasteiger partial charge in [0.15, 0.2) is 0 Å². The summed E-state index contributed by atoms with van der Waals surface area (Å²) in [5, 5.41) is 0. The van der Waals surface area contributed by atoms with Gasteiger partial charge in [0.25, 0.3) is 13.4 Å². The Kier molecular flexibility index (Phi) is 15.0. The summed E-state index contributed by atoms with van der Waals surface area (Å²) in [6.07, 6.45) is 0. The van der Waals surface area contributed by atoms with Gasteiger partial charge < -0.3 is 29.1 Å². The van der Waals surface area contributed by atoms with Crippen molar-refractivity contribution in [1.82, 2.24) is 0 Å². The summed E-state index contributed by atoms with van der Waals surface area (Å²) in [6.45, 7) is 13.1. The van der Waals surface area contributed by atoms with E-state index in [1.165, 1.54) is 55.0 Å². The lowest BCUT2D eigenvalue weighted by atomic mass is 9.30. The van der Waals surface area contributed by atoms with Gasteiger partial charge in [0.05, 0.1) is 11.4 Å². The van der Waals surface area contributed by atoms with E-state index in [0.29, 0.717) is 0 Å². The van der Waals surface area contributed by atoms with E-state index in [4.69, 9.17) is 9.47 Å². The number of nitrogens with zero attached hydrogens (tertiary/aromatic N) is 4. The second-order valence-electron chi connectivity index (χ2n) is 28.1. The van der Waals surface area contributed by atoms with Crippen molar-refractivity contribution >= 4 is 114 Å². The summed E-state index contributed by atoms with van der Waals surface area (Å²) in [5.41, 5.74) is 35.8. The van der Waals surface area contributed by atoms with Crippen molar-refractivity contribution in [3.63, 3.8) is 0 Å². The van der Waals surface area contributed by atoms with Crippen molar-refractivity contribution in [2.24, 2.45) is 0 Å². The molecular formula is C96H72B2N4O2. The fourth-order valence-corrected chi connectivity index (χ4v) is 17.3. The number of hydrogen-bond acceptors (Lipinski definition) is 6. The molecule has 4 aliphatic rings. The molecule has 15 aromatic rings. The number of anilines is 12. The molecule has 0 aromatic heterocycles. The Labute approximate surface area is 609 Å². The minimum atomic E-state index is -0.236. The number of ether oxygens (including phenoxy) is 2. The third-order valence-electron chi connectivity index (χ3n) is 21.9. The highest BCUT2D eigenvalue weighted by atomic mass is 16.5. The molecule has 0 N–H and O–H groups in total. The molecule has 6 nitrogen and oxygen atoms in total. The highest BCUT2D eigenvalue weighted by Crippen LogP contribution is 2.54. The van der Waals surface area contributed by atoms with Gasteiger partial charge in [-0.2, -0.15) is 0 Å². The van der Waals surface area contributed by atoms with Crippen LogP contribution in [-0.4, -0.2) is 13.4 Å². The predicted octanol–water partition coefficient (Wildman–Crippen LogP) is 22.0. The van der Waals surface area contributed by atoms with Crippen LogP contribution in [0.25, 0.3) is 44.5 Å². The molecule has 0 spiro atoms. The standard InChI is InChI=1S/C96H72B2N4O2/c1-61-31-19-23-51-81(61)99-85-60-86-80(59-79(85)97-77-49-21-25-53-83(77)101(93-63(3)33-27-34-64(93)4)89-57-71(55-87(99)91(89)97)103-95-73(67-37-11-7-12-38-67)45-29-46-74(95)68-39-13-8-14-40-68)98-78-50-22-26-54-84(78)102(94-65(5)35-28-36-66(94)6)90-58-72(56-88(92(90)98)100(86)82-52-24-20-32-62(82)2)104-96-75(69-41-15-9-16-42-69)47-30-48-76(96)70-43-17-10-18-44-70/h7-60H,1-6H3. The van der Waals surface area contributed by atoms with Gasteiger partial charge in [-0.15, -0.1) is 0 Å². The van der Waals surface area contributed by atoms with Gasteiger partial charge in [-0.3, -0.25) is 0 Å². The maximum absolute atomic E-state index is 7.85. The zero-order chi connectivity index (χ0) is 69.8. The molecule has 0 saturated heterocycles. The number of para-hydroxylation sites is 8. The van der Waals surface area contributed by atoms with Crippen LogP contribution in [0.5, 0.6) is 23.0 Å². The quantitative estimate of drug-likeness (QED) is 0.113. The number of aryl methyl sites for hydroxylation is 6. The molecule has 494 valence electrons. The van der Waals surface area contributed by atoms with Crippen LogP contribution in [0.2, 0.25) is 0 Å². The zero-order valence-electron chi connectivity index (χ0n) is 58.9. The molecule has 19 rings (SSSR count). The van der Waals surface area contributed by atoms with E-state index >= 15 is 0 Å². The highest BCUT2D eigenvalue weighted by molar-refractivity contribution is 7.03. The minimum absolute atomic E-state index is 0.236. The summed E-state index contributed by atoms with van der Waals surface area (Å²) >= 11 is 0. The Morgan fingerprint density at radius 3 is 0.827 bits per heavy atom. The molecule has 0 aliphatic carbocycles. The van der Waals surface area contributed by atoms with Crippen LogP contribution in [0.15, 0.2) is 328 Å². The van der Waals surface area contributed by atoms with E-state index in [0.717, 1.165) is 147 Å². The number of hydrogen-bond donors (Lipinski definition) is 0. The van der Waals surface area contributed by atoms with Crippen LogP contribution in [0.1, 0.15) is 33.4 Å². The Bertz CT molecular complexity index is 5430. The first-order valence-electron chi connectivity index (χ1n) is 36.1. The highest BCUT2D eigenvalue weighted by Gasteiger charge is 2.49. The van der Waals surface area contributed by atoms with Crippen molar-refractivity contribution in [2.45, 2.75) is 41.5 Å². The smallest absolute Gasteiger partial charge is 0.252 e. The summed E-state index contributed by atoms with van der Waals surface area (Å²) in [4.78, 5) is 10.2. The predicted molar refractivity (Wildman–Crippen MR) is 438 cm³/mol. The molecular weight excluding hydrogens is 1260 g/mol. The number of rotatable bonds is 12. The van der Waals surface area contributed by atoms with Gasteiger partial charge in [0, 0.05) is 103 Å². The molecule has 8 heteroatoms. The second-order valence-corrected chi connectivity index (χ2v) is 28.1. The van der Waals surface area contributed by atoms with Crippen molar-refractivity contribution in [3.8, 4) is 67.5 Å². The van der Waals surface area contributed by atoms with Crippen LogP contribution < -0.4 is 61.9 Å². The molecule has 0 bridgehead atoms. The van der Waals surface area contributed by atoms with Gasteiger partial charge in [0.1, 0.15) is 23.0 Å². The van der Waals surface area contributed by atoms with Crippen LogP contribution >= 0.6 is 0 Å². The van der Waals surface area contributed by atoms with E-state index in [1.807, 2.05) is 0 Å². The summed E-state index contributed by atoms with van der Waals surface area (Å²) in [6, 6.07) is 120. The largest absolute Gasteiger partial charge is 0.456 e. The summed E-state index contributed by atoms with van der Waals surface area (Å²) < 4.78 is 15.7.